The molecule has 0 aliphatic heterocycles. The van der Waals surface area contributed by atoms with Crippen molar-refractivity contribution in [2.75, 3.05) is 13.1 Å². The van der Waals surface area contributed by atoms with E-state index >= 15 is 0 Å². The Labute approximate surface area is 114 Å². The zero-order valence-electron chi connectivity index (χ0n) is 12.1. The maximum atomic E-state index is 9.81. The molecule has 0 amide bonds. The van der Waals surface area contributed by atoms with Crippen LogP contribution in [-0.2, 0) is 0 Å². The molecule has 0 aromatic heterocycles. The zero-order valence-corrected chi connectivity index (χ0v) is 12.9. The van der Waals surface area contributed by atoms with Gasteiger partial charge in [0.2, 0.25) is 0 Å². The maximum absolute atomic E-state index is 9.81. The van der Waals surface area contributed by atoms with Gasteiger partial charge in [-0.25, -0.2) is 0 Å². The minimum absolute atomic E-state index is 0. The highest BCUT2D eigenvalue weighted by molar-refractivity contribution is 5.85. The van der Waals surface area contributed by atoms with Gasteiger partial charge in [0.25, 0.3) is 0 Å². The quantitative estimate of drug-likeness (QED) is 0.607. The van der Waals surface area contributed by atoms with Gasteiger partial charge in [-0.2, -0.15) is 0 Å². The highest BCUT2D eigenvalue weighted by Gasteiger charge is 2.19. The molecular weight excluding hydrogens is 234 g/mol. The highest BCUT2D eigenvalue weighted by Crippen LogP contribution is 2.14. The topological polar surface area (TPSA) is 23.5 Å². The van der Waals surface area contributed by atoms with Crippen LogP contribution in [0, 0.1) is 0 Å². The van der Waals surface area contributed by atoms with Crippen molar-refractivity contribution in [2.24, 2.45) is 0 Å². The number of rotatable bonds is 10. The van der Waals surface area contributed by atoms with Gasteiger partial charge in [-0.15, -0.1) is 12.4 Å². The van der Waals surface area contributed by atoms with Gasteiger partial charge >= 0.3 is 0 Å². The highest BCUT2D eigenvalue weighted by atomic mass is 35.5. The van der Waals surface area contributed by atoms with Crippen LogP contribution in [0.25, 0.3) is 0 Å². The first-order valence-electron chi connectivity index (χ1n) is 7.09. The molecule has 0 heterocycles. The molecule has 0 radical (unpaired) electrons. The number of hydrogen-bond donors (Lipinski definition) is 1. The SMILES string of the molecule is CCCCCCCC(C(C)O)N(CC)CC.Cl. The minimum atomic E-state index is -0.203. The van der Waals surface area contributed by atoms with Crippen LogP contribution < -0.4 is 0 Å². The number of aliphatic hydroxyl groups is 1. The van der Waals surface area contributed by atoms with Crippen LogP contribution in [-0.4, -0.2) is 35.2 Å². The van der Waals surface area contributed by atoms with Gasteiger partial charge in [0.05, 0.1) is 6.10 Å². The molecular formula is C14H32ClNO. The van der Waals surface area contributed by atoms with Gasteiger partial charge in [0.1, 0.15) is 0 Å². The van der Waals surface area contributed by atoms with E-state index in [0.29, 0.717) is 6.04 Å². The first kappa shape index (κ1) is 19.5. The van der Waals surface area contributed by atoms with E-state index in [2.05, 4.69) is 25.7 Å². The molecule has 2 nitrogen and oxygen atoms in total. The molecule has 0 saturated carbocycles. The zero-order chi connectivity index (χ0) is 12.4. The monoisotopic (exact) mass is 265 g/mol. The molecule has 0 spiro atoms. The lowest BCUT2D eigenvalue weighted by molar-refractivity contribution is 0.0601. The normalized spacial score (nSPS) is 14.5. The fourth-order valence-corrected chi connectivity index (χ4v) is 2.38. The molecule has 0 bridgehead atoms. The summed E-state index contributed by atoms with van der Waals surface area (Å²) in [7, 11) is 0. The van der Waals surface area contributed by atoms with Crippen LogP contribution in [0.15, 0.2) is 0 Å². The number of aliphatic hydroxyl groups excluding tert-OH is 1. The number of unbranched alkanes of at least 4 members (excludes halogenated alkanes) is 4. The van der Waals surface area contributed by atoms with Crippen molar-refractivity contribution in [3.63, 3.8) is 0 Å². The first-order valence-corrected chi connectivity index (χ1v) is 7.09. The van der Waals surface area contributed by atoms with Gasteiger partial charge in [-0.1, -0.05) is 52.9 Å². The molecule has 0 aromatic rings. The van der Waals surface area contributed by atoms with Gasteiger partial charge in [-0.05, 0) is 26.4 Å². The van der Waals surface area contributed by atoms with Gasteiger partial charge in [0.15, 0.2) is 0 Å². The van der Waals surface area contributed by atoms with E-state index in [9.17, 15) is 5.11 Å². The summed E-state index contributed by atoms with van der Waals surface area (Å²) in [5.74, 6) is 0. The first-order chi connectivity index (χ1) is 7.67. The van der Waals surface area contributed by atoms with E-state index in [4.69, 9.17) is 0 Å². The van der Waals surface area contributed by atoms with Gasteiger partial charge in [-0.3, -0.25) is 4.90 Å². The van der Waals surface area contributed by atoms with E-state index in [0.717, 1.165) is 19.5 Å². The molecule has 0 aromatic carbocycles. The summed E-state index contributed by atoms with van der Waals surface area (Å²) in [5, 5.41) is 9.81. The smallest absolute Gasteiger partial charge is 0.0667 e. The summed E-state index contributed by atoms with van der Waals surface area (Å²) in [6.45, 7) is 10.6. The largest absolute Gasteiger partial charge is 0.392 e. The van der Waals surface area contributed by atoms with Crippen LogP contribution in [0.4, 0.5) is 0 Å². The fourth-order valence-electron chi connectivity index (χ4n) is 2.38. The lowest BCUT2D eigenvalue weighted by atomic mass is 10.0. The van der Waals surface area contributed by atoms with Crippen LogP contribution in [0.5, 0.6) is 0 Å². The van der Waals surface area contributed by atoms with Crippen molar-refractivity contribution in [2.45, 2.75) is 78.4 Å². The predicted octanol–water partition coefficient (Wildman–Crippen LogP) is 3.86. The molecule has 0 fully saturated rings. The second-order valence-electron chi connectivity index (χ2n) is 4.73. The number of halogens is 1. The predicted molar refractivity (Wildman–Crippen MR) is 79.0 cm³/mol. The second kappa shape index (κ2) is 12.7. The standard InChI is InChI=1S/C14H31NO.ClH/c1-5-8-9-10-11-12-14(13(4)16)15(6-2)7-3;/h13-14,16H,5-12H2,1-4H3;1H. The Kier molecular flexibility index (Phi) is 14.6. The lowest BCUT2D eigenvalue weighted by Gasteiger charge is -2.31. The van der Waals surface area contributed by atoms with Crippen LogP contribution in [0.2, 0.25) is 0 Å². The average Bonchev–Trinajstić information content (AvgIpc) is 2.27. The Balaban J connectivity index is 0. The van der Waals surface area contributed by atoms with E-state index in [-0.39, 0.29) is 18.5 Å². The third kappa shape index (κ3) is 8.87. The van der Waals surface area contributed by atoms with Crippen molar-refractivity contribution < 1.29 is 5.11 Å². The van der Waals surface area contributed by atoms with Gasteiger partial charge < -0.3 is 5.11 Å². The number of hydrogen-bond acceptors (Lipinski definition) is 2. The van der Waals surface area contributed by atoms with Crippen molar-refractivity contribution in [1.82, 2.24) is 4.90 Å². The molecule has 17 heavy (non-hydrogen) atoms. The van der Waals surface area contributed by atoms with Crippen LogP contribution in [0.1, 0.15) is 66.2 Å². The number of nitrogens with zero attached hydrogens (tertiary/aromatic N) is 1. The summed E-state index contributed by atoms with van der Waals surface area (Å²) >= 11 is 0. The molecule has 2 unspecified atom stereocenters. The third-order valence-corrected chi connectivity index (χ3v) is 3.44. The van der Waals surface area contributed by atoms with Crippen LogP contribution >= 0.6 is 12.4 Å². The Bertz CT molecular complexity index is 149. The van der Waals surface area contributed by atoms with Crippen molar-refractivity contribution in [3.8, 4) is 0 Å². The summed E-state index contributed by atoms with van der Waals surface area (Å²) in [5.41, 5.74) is 0. The molecule has 0 saturated heterocycles. The van der Waals surface area contributed by atoms with Crippen molar-refractivity contribution >= 4 is 12.4 Å². The fraction of sp³-hybridized carbons (Fsp3) is 1.00. The second-order valence-corrected chi connectivity index (χ2v) is 4.73. The lowest BCUT2D eigenvalue weighted by Crippen LogP contribution is -2.42. The molecule has 0 aliphatic rings. The minimum Gasteiger partial charge on any atom is -0.392 e. The summed E-state index contributed by atoms with van der Waals surface area (Å²) in [6, 6.07) is 0.358. The molecule has 2 atom stereocenters. The molecule has 3 heteroatoms. The van der Waals surface area contributed by atoms with Crippen LogP contribution in [0.3, 0.4) is 0 Å². The van der Waals surface area contributed by atoms with Gasteiger partial charge in [0, 0.05) is 6.04 Å². The van der Waals surface area contributed by atoms with E-state index < -0.39 is 0 Å². The average molecular weight is 266 g/mol. The van der Waals surface area contributed by atoms with E-state index in [1.807, 2.05) is 6.92 Å². The Morgan fingerprint density at radius 3 is 1.88 bits per heavy atom. The van der Waals surface area contributed by atoms with Crippen molar-refractivity contribution in [1.29, 1.82) is 0 Å². The molecule has 106 valence electrons. The molecule has 0 aliphatic carbocycles. The summed E-state index contributed by atoms with van der Waals surface area (Å²) in [4.78, 5) is 2.38. The Morgan fingerprint density at radius 1 is 0.941 bits per heavy atom. The Hall–Kier alpha value is 0.210. The summed E-state index contributed by atoms with van der Waals surface area (Å²) < 4.78 is 0. The van der Waals surface area contributed by atoms with E-state index in [1.54, 1.807) is 0 Å². The summed E-state index contributed by atoms with van der Waals surface area (Å²) in [6.07, 6.45) is 7.51. The Morgan fingerprint density at radius 2 is 1.47 bits per heavy atom. The third-order valence-electron chi connectivity index (χ3n) is 3.44. The molecule has 1 N–H and O–H groups in total. The van der Waals surface area contributed by atoms with E-state index in [1.165, 1.54) is 32.1 Å². The molecule has 0 rings (SSSR count). The maximum Gasteiger partial charge on any atom is 0.0667 e. The van der Waals surface area contributed by atoms with Crippen molar-refractivity contribution in [3.05, 3.63) is 0 Å². The number of likely N-dealkylation sites (N-methyl/N-ethyl adjacent to an activating group) is 1.